The number of rotatable bonds is 3. The molecule has 2 heterocycles. The summed E-state index contributed by atoms with van der Waals surface area (Å²) in [5.74, 6) is 0.998. The van der Waals surface area contributed by atoms with Gasteiger partial charge in [-0.3, -0.25) is 0 Å². The lowest BCUT2D eigenvalue weighted by atomic mass is 10.0. The summed E-state index contributed by atoms with van der Waals surface area (Å²) >= 11 is 5.15. The minimum Gasteiger partial charge on any atom is -0.508 e. The van der Waals surface area contributed by atoms with Crippen molar-refractivity contribution in [1.82, 2.24) is 9.97 Å². The molecule has 0 atom stereocenters. The number of aromatic hydroxyl groups is 1. The van der Waals surface area contributed by atoms with Crippen LogP contribution in [-0.4, -0.2) is 15.1 Å². The van der Waals surface area contributed by atoms with Crippen LogP contribution in [0, 0.1) is 6.92 Å². The second-order valence-corrected chi connectivity index (χ2v) is 7.73. The lowest BCUT2D eigenvalue weighted by Gasteiger charge is -2.09. The normalized spacial score (nSPS) is 11.0. The number of benzene rings is 2. The van der Waals surface area contributed by atoms with E-state index in [4.69, 9.17) is 0 Å². The molecule has 124 valence electrons. The number of phenols is 1. The molecule has 2 N–H and O–H groups in total. The molecule has 0 radical (unpaired) electrons. The fraction of sp³-hybridized carbons (Fsp3) is 0.0526. The fourth-order valence-corrected chi connectivity index (χ4v) is 4.06. The maximum atomic E-state index is 9.46. The van der Waals surface area contributed by atoms with Gasteiger partial charge in [0.1, 0.15) is 22.7 Å². The molecule has 0 aliphatic rings. The molecule has 0 fully saturated rings. The molecule has 0 unspecified atom stereocenters. The summed E-state index contributed by atoms with van der Waals surface area (Å²) in [6, 6.07) is 15.2. The summed E-state index contributed by atoms with van der Waals surface area (Å²) in [5, 5.41) is 13.8. The molecule has 4 aromatic rings. The number of nitrogens with one attached hydrogen (secondary N) is 1. The molecule has 0 aliphatic heterocycles. The molecule has 2 aromatic heterocycles. The van der Waals surface area contributed by atoms with E-state index in [-0.39, 0.29) is 5.75 Å². The van der Waals surface area contributed by atoms with Crippen LogP contribution in [0.15, 0.2) is 59.3 Å². The largest absolute Gasteiger partial charge is 0.508 e. The molecule has 0 aliphatic carbocycles. The number of anilines is 2. The van der Waals surface area contributed by atoms with Crippen LogP contribution in [0.3, 0.4) is 0 Å². The van der Waals surface area contributed by atoms with E-state index in [1.165, 1.54) is 4.88 Å². The standard InChI is InChI=1S/C19H14BrN3OS/c1-11-16(12-2-4-13(20)5-3-12)17-18(21-10-22-19(17)25-11)23-14-6-8-15(24)9-7-14/h2-10,24H,1H3,(H,21,22,23). The highest BCUT2D eigenvalue weighted by Gasteiger charge is 2.16. The van der Waals surface area contributed by atoms with Crippen molar-refractivity contribution in [2.45, 2.75) is 6.92 Å². The van der Waals surface area contributed by atoms with Crippen molar-refractivity contribution in [2.24, 2.45) is 0 Å². The third kappa shape index (κ3) is 3.10. The second kappa shape index (κ2) is 6.46. The highest BCUT2D eigenvalue weighted by Crippen LogP contribution is 2.41. The number of phenolic OH excluding ortho intramolecular Hbond substituents is 1. The molecular formula is C19H14BrN3OS. The van der Waals surface area contributed by atoms with Crippen molar-refractivity contribution in [3.8, 4) is 16.9 Å². The first-order valence-corrected chi connectivity index (χ1v) is 9.29. The SMILES string of the molecule is Cc1sc2ncnc(Nc3ccc(O)cc3)c2c1-c1ccc(Br)cc1. The highest BCUT2D eigenvalue weighted by atomic mass is 79.9. The van der Waals surface area contributed by atoms with Crippen LogP contribution in [0.5, 0.6) is 5.75 Å². The molecule has 0 saturated heterocycles. The van der Waals surface area contributed by atoms with Crippen molar-refractivity contribution < 1.29 is 5.11 Å². The van der Waals surface area contributed by atoms with Crippen molar-refractivity contribution in [2.75, 3.05) is 5.32 Å². The summed E-state index contributed by atoms with van der Waals surface area (Å²) in [6.45, 7) is 2.11. The van der Waals surface area contributed by atoms with Gasteiger partial charge >= 0.3 is 0 Å². The second-order valence-electron chi connectivity index (χ2n) is 5.61. The summed E-state index contributed by atoms with van der Waals surface area (Å²) in [6.07, 6.45) is 1.58. The smallest absolute Gasteiger partial charge is 0.143 e. The maximum Gasteiger partial charge on any atom is 0.143 e. The summed E-state index contributed by atoms with van der Waals surface area (Å²) < 4.78 is 1.05. The third-order valence-corrected chi connectivity index (χ3v) is 5.47. The van der Waals surface area contributed by atoms with Crippen molar-refractivity contribution in [1.29, 1.82) is 0 Å². The van der Waals surface area contributed by atoms with Crippen molar-refractivity contribution >= 4 is 49.0 Å². The molecule has 4 nitrogen and oxygen atoms in total. The number of thiophene rings is 1. The van der Waals surface area contributed by atoms with Gasteiger partial charge in [-0.05, 0) is 48.9 Å². The quantitative estimate of drug-likeness (QED) is 0.413. The number of aryl methyl sites for hydroxylation is 1. The molecule has 0 spiro atoms. The Labute approximate surface area is 157 Å². The average molecular weight is 412 g/mol. The zero-order valence-corrected chi connectivity index (χ0v) is 15.7. The number of fused-ring (bicyclic) bond motifs is 1. The molecular weight excluding hydrogens is 398 g/mol. The van der Waals surface area contributed by atoms with Crippen LogP contribution in [0.2, 0.25) is 0 Å². The van der Waals surface area contributed by atoms with E-state index in [1.807, 2.05) is 24.3 Å². The van der Waals surface area contributed by atoms with Gasteiger partial charge in [0, 0.05) is 20.6 Å². The number of halogens is 1. The van der Waals surface area contributed by atoms with E-state index in [0.717, 1.165) is 37.3 Å². The maximum absolute atomic E-state index is 9.46. The molecule has 0 saturated carbocycles. The van der Waals surface area contributed by atoms with Crippen LogP contribution in [0.25, 0.3) is 21.3 Å². The molecule has 4 rings (SSSR count). The predicted molar refractivity (Wildman–Crippen MR) is 107 cm³/mol. The Kier molecular flexibility index (Phi) is 4.15. The Morgan fingerprint density at radius 3 is 2.44 bits per heavy atom. The van der Waals surface area contributed by atoms with E-state index >= 15 is 0 Å². The summed E-state index contributed by atoms with van der Waals surface area (Å²) in [4.78, 5) is 11.0. The van der Waals surface area contributed by atoms with Crippen LogP contribution in [0.4, 0.5) is 11.5 Å². The lowest BCUT2D eigenvalue weighted by Crippen LogP contribution is -1.95. The third-order valence-electron chi connectivity index (χ3n) is 3.93. The average Bonchev–Trinajstić information content (AvgIpc) is 2.95. The van der Waals surface area contributed by atoms with Gasteiger partial charge in [0.25, 0.3) is 0 Å². The van der Waals surface area contributed by atoms with Gasteiger partial charge in [-0.1, -0.05) is 28.1 Å². The fourth-order valence-electron chi connectivity index (χ4n) is 2.78. The van der Waals surface area contributed by atoms with Crippen LogP contribution in [-0.2, 0) is 0 Å². The number of nitrogens with zero attached hydrogens (tertiary/aromatic N) is 2. The number of hydrogen-bond acceptors (Lipinski definition) is 5. The minimum atomic E-state index is 0.236. The van der Waals surface area contributed by atoms with Crippen LogP contribution >= 0.6 is 27.3 Å². The zero-order valence-electron chi connectivity index (χ0n) is 13.3. The first kappa shape index (κ1) is 16.1. The van der Waals surface area contributed by atoms with E-state index in [9.17, 15) is 5.11 Å². The van der Waals surface area contributed by atoms with Gasteiger partial charge in [0.15, 0.2) is 0 Å². The van der Waals surface area contributed by atoms with E-state index in [0.29, 0.717) is 0 Å². The van der Waals surface area contributed by atoms with Gasteiger partial charge in [-0.25, -0.2) is 9.97 Å². The highest BCUT2D eigenvalue weighted by molar-refractivity contribution is 9.10. The van der Waals surface area contributed by atoms with Gasteiger partial charge in [-0.15, -0.1) is 11.3 Å². The van der Waals surface area contributed by atoms with Crippen LogP contribution in [0.1, 0.15) is 4.88 Å². The Morgan fingerprint density at radius 1 is 1.00 bits per heavy atom. The van der Waals surface area contributed by atoms with Crippen molar-refractivity contribution in [3.63, 3.8) is 0 Å². The number of hydrogen-bond donors (Lipinski definition) is 2. The van der Waals surface area contributed by atoms with E-state index in [1.54, 1.807) is 29.8 Å². The topological polar surface area (TPSA) is 58.0 Å². The first-order chi connectivity index (χ1) is 12.1. The van der Waals surface area contributed by atoms with E-state index in [2.05, 4.69) is 50.3 Å². The Balaban J connectivity index is 1.87. The molecule has 25 heavy (non-hydrogen) atoms. The molecule has 0 bridgehead atoms. The summed E-state index contributed by atoms with van der Waals surface area (Å²) in [5.41, 5.74) is 3.15. The number of aromatic nitrogens is 2. The van der Waals surface area contributed by atoms with Gasteiger partial charge in [0.2, 0.25) is 0 Å². The molecule has 6 heteroatoms. The Hall–Kier alpha value is -2.44. The van der Waals surface area contributed by atoms with Crippen molar-refractivity contribution in [3.05, 3.63) is 64.2 Å². The minimum absolute atomic E-state index is 0.236. The Bertz CT molecular complexity index is 1040. The van der Waals surface area contributed by atoms with Gasteiger partial charge in [-0.2, -0.15) is 0 Å². The van der Waals surface area contributed by atoms with Gasteiger partial charge in [0.05, 0.1) is 5.39 Å². The van der Waals surface area contributed by atoms with Gasteiger partial charge < -0.3 is 10.4 Å². The molecule has 2 aromatic carbocycles. The first-order valence-electron chi connectivity index (χ1n) is 7.68. The molecule has 0 amide bonds. The monoisotopic (exact) mass is 411 g/mol. The lowest BCUT2D eigenvalue weighted by molar-refractivity contribution is 0.475. The predicted octanol–water partition coefficient (Wildman–Crippen LogP) is 5.88. The zero-order chi connectivity index (χ0) is 17.4. The Morgan fingerprint density at radius 2 is 1.72 bits per heavy atom. The van der Waals surface area contributed by atoms with E-state index < -0.39 is 0 Å². The van der Waals surface area contributed by atoms with Crippen LogP contribution < -0.4 is 5.32 Å². The summed E-state index contributed by atoms with van der Waals surface area (Å²) in [7, 11) is 0.